The van der Waals surface area contributed by atoms with Crippen molar-refractivity contribution in [2.75, 3.05) is 4.90 Å². The van der Waals surface area contributed by atoms with Crippen molar-refractivity contribution in [2.45, 2.75) is 6.92 Å². The molecule has 0 aliphatic heterocycles. The first kappa shape index (κ1) is 33.5. The van der Waals surface area contributed by atoms with Gasteiger partial charge in [0.25, 0.3) is 0 Å². The van der Waals surface area contributed by atoms with Crippen molar-refractivity contribution in [1.29, 1.82) is 0 Å². The molecule has 0 bridgehead atoms. The molecule has 0 atom stereocenters. The van der Waals surface area contributed by atoms with E-state index in [0.717, 1.165) is 56.7 Å². The zero-order chi connectivity index (χ0) is 37.0. The van der Waals surface area contributed by atoms with Crippen LogP contribution < -0.4 is 4.90 Å². The van der Waals surface area contributed by atoms with Crippen LogP contribution in [-0.2, 0) is 0 Å². The normalized spacial score (nSPS) is 11.0. The van der Waals surface area contributed by atoms with Crippen LogP contribution in [0.3, 0.4) is 0 Å². The van der Waals surface area contributed by atoms with Crippen LogP contribution in [0.25, 0.3) is 61.8 Å². The Balaban J connectivity index is 1.06. The molecule has 0 amide bonds. The molecule has 0 aliphatic rings. The SMILES string of the molecule is Cc1ccc(-c2nnc(-c3ccc(-c4ccccc4-c4ccccc4-c4ccc(N(c5ccccc5)c5ccccc5)cc4)cc3)n2-c2ccccc2)cc1. The van der Waals surface area contributed by atoms with Crippen LogP contribution >= 0.6 is 0 Å². The van der Waals surface area contributed by atoms with E-state index in [9.17, 15) is 0 Å². The van der Waals surface area contributed by atoms with Gasteiger partial charge in [-0.2, -0.15) is 0 Å². The maximum Gasteiger partial charge on any atom is 0.168 e. The van der Waals surface area contributed by atoms with Crippen LogP contribution in [0.1, 0.15) is 5.56 Å². The van der Waals surface area contributed by atoms with Gasteiger partial charge in [0.2, 0.25) is 0 Å². The van der Waals surface area contributed by atoms with Crippen LogP contribution in [-0.4, -0.2) is 14.8 Å². The Morgan fingerprint density at radius 3 is 1.15 bits per heavy atom. The number of aryl methyl sites for hydroxylation is 1. The second-order valence-electron chi connectivity index (χ2n) is 13.6. The third-order valence-electron chi connectivity index (χ3n) is 10.1. The molecule has 0 saturated heterocycles. The quantitative estimate of drug-likeness (QED) is 0.150. The van der Waals surface area contributed by atoms with E-state index in [0.29, 0.717) is 0 Å². The Bertz CT molecular complexity index is 2630. The third-order valence-corrected chi connectivity index (χ3v) is 10.1. The molecule has 0 fully saturated rings. The van der Waals surface area contributed by atoms with Gasteiger partial charge in [-0.05, 0) is 88.8 Å². The Morgan fingerprint density at radius 1 is 0.327 bits per heavy atom. The summed E-state index contributed by atoms with van der Waals surface area (Å²) in [6.07, 6.45) is 0. The predicted molar refractivity (Wildman–Crippen MR) is 228 cm³/mol. The highest BCUT2D eigenvalue weighted by molar-refractivity contribution is 5.92. The molecule has 0 saturated carbocycles. The zero-order valence-corrected chi connectivity index (χ0v) is 30.5. The molecule has 1 aromatic heterocycles. The second-order valence-corrected chi connectivity index (χ2v) is 13.6. The molecular weight excluding hydrogens is 669 g/mol. The summed E-state index contributed by atoms with van der Waals surface area (Å²) in [5.74, 6) is 1.61. The molecule has 8 aromatic carbocycles. The first-order chi connectivity index (χ1) is 27.2. The van der Waals surface area contributed by atoms with Crippen LogP contribution in [0.15, 0.2) is 212 Å². The largest absolute Gasteiger partial charge is 0.311 e. The molecule has 0 spiro atoms. The van der Waals surface area contributed by atoms with E-state index < -0.39 is 0 Å². The second kappa shape index (κ2) is 15.0. The van der Waals surface area contributed by atoms with Gasteiger partial charge in [0, 0.05) is 33.9 Å². The van der Waals surface area contributed by atoms with Gasteiger partial charge in [-0.15, -0.1) is 10.2 Å². The van der Waals surface area contributed by atoms with Gasteiger partial charge in [0.15, 0.2) is 11.6 Å². The summed E-state index contributed by atoms with van der Waals surface area (Å²) in [6, 6.07) is 74.8. The summed E-state index contributed by atoms with van der Waals surface area (Å²) < 4.78 is 2.15. The fourth-order valence-corrected chi connectivity index (χ4v) is 7.31. The monoisotopic (exact) mass is 706 g/mol. The Hall–Kier alpha value is -7.30. The number of para-hydroxylation sites is 3. The summed E-state index contributed by atoms with van der Waals surface area (Å²) >= 11 is 0. The number of hydrogen-bond donors (Lipinski definition) is 0. The highest BCUT2D eigenvalue weighted by Crippen LogP contribution is 2.41. The first-order valence-corrected chi connectivity index (χ1v) is 18.6. The van der Waals surface area contributed by atoms with Crippen LogP contribution in [0.5, 0.6) is 0 Å². The van der Waals surface area contributed by atoms with Crippen LogP contribution in [0.4, 0.5) is 17.1 Å². The number of benzene rings is 8. The minimum Gasteiger partial charge on any atom is -0.311 e. The van der Waals surface area contributed by atoms with E-state index in [1.54, 1.807) is 0 Å². The van der Waals surface area contributed by atoms with E-state index >= 15 is 0 Å². The third kappa shape index (κ3) is 6.74. The molecule has 9 aromatic rings. The number of hydrogen-bond acceptors (Lipinski definition) is 3. The van der Waals surface area contributed by atoms with Crippen LogP contribution in [0, 0.1) is 6.92 Å². The molecule has 4 nitrogen and oxygen atoms in total. The molecule has 0 aliphatic carbocycles. The Labute approximate surface area is 322 Å². The van der Waals surface area contributed by atoms with Gasteiger partial charge in [0.05, 0.1) is 0 Å². The Kier molecular flexibility index (Phi) is 9.13. The standard InChI is InChI=1S/C51H38N4/c1-37-25-27-40(28-26-37)50-52-53-51(55(50)44-19-9-4-10-20-44)41-31-29-38(30-32-41)46-21-11-13-23-48(46)49-24-14-12-22-47(49)39-33-35-45(36-34-39)54(42-15-5-2-6-16-42)43-17-7-3-8-18-43/h2-36H,1H3. The molecule has 9 rings (SSSR count). The molecule has 0 unspecified atom stereocenters. The van der Waals surface area contributed by atoms with Crippen molar-refractivity contribution in [2.24, 2.45) is 0 Å². The number of nitrogens with zero attached hydrogens (tertiary/aromatic N) is 4. The average Bonchev–Trinajstić information content (AvgIpc) is 3.71. The minimum absolute atomic E-state index is 0.800. The maximum atomic E-state index is 4.74. The van der Waals surface area contributed by atoms with Gasteiger partial charge in [-0.25, -0.2) is 0 Å². The number of aromatic nitrogens is 3. The topological polar surface area (TPSA) is 34.0 Å². The molecule has 0 radical (unpaired) electrons. The summed E-state index contributed by atoms with van der Waals surface area (Å²) in [5, 5.41) is 9.43. The molecule has 262 valence electrons. The van der Waals surface area contributed by atoms with Gasteiger partial charge < -0.3 is 4.90 Å². The van der Waals surface area contributed by atoms with E-state index in [-0.39, 0.29) is 0 Å². The lowest BCUT2D eigenvalue weighted by atomic mass is 9.89. The van der Waals surface area contributed by atoms with Crippen molar-refractivity contribution in [3.05, 3.63) is 218 Å². The first-order valence-electron chi connectivity index (χ1n) is 18.6. The maximum absolute atomic E-state index is 4.74. The van der Waals surface area contributed by atoms with Crippen molar-refractivity contribution < 1.29 is 0 Å². The molecule has 1 heterocycles. The van der Waals surface area contributed by atoms with Crippen LogP contribution in [0.2, 0.25) is 0 Å². The van der Waals surface area contributed by atoms with Gasteiger partial charge in [-0.3, -0.25) is 4.57 Å². The van der Waals surface area contributed by atoms with Gasteiger partial charge in [-0.1, -0.05) is 169 Å². The highest BCUT2D eigenvalue weighted by atomic mass is 15.3. The number of rotatable bonds is 9. The van der Waals surface area contributed by atoms with E-state index in [4.69, 9.17) is 10.2 Å². The van der Waals surface area contributed by atoms with E-state index in [1.165, 1.54) is 27.8 Å². The smallest absolute Gasteiger partial charge is 0.168 e. The van der Waals surface area contributed by atoms with E-state index in [1.807, 2.05) is 18.2 Å². The number of anilines is 3. The molecule has 55 heavy (non-hydrogen) atoms. The van der Waals surface area contributed by atoms with Gasteiger partial charge >= 0.3 is 0 Å². The lowest BCUT2D eigenvalue weighted by Gasteiger charge is -2.25. The predicted octanol–water partition coefficient (Wildman–Crippen LogP) is 13.4. The van der Waals surface area contributed by atoms with Crippen molar-refractivity contribution in [3.8, 4) is 61.8 Å². The van der Waals surface area contributed by atoms with Crippen molar-refractivity contribution in [3.63, 3.8) is 0 Å². The van der Waals surface area contributed by atoms with Gasteiger partial charge in [0.1, 0.15) is 0 Å². The summed E-state index contributed by atoms with van der Waals surface area (Å²) in [4.78, 5) is 2.29. The fourth-order valence-electron chi connectivity index (χ4n) is 7.31. The summed E-state index contributed by atoms with van der Waals surface area (Å²) in [5.41, 5.74) is 14.6. The summed E-state index contributed by atoms with van der Waals surface area (Å²) in [7, 11) is 0. The molecular formula is C51H38N4. The van der Waals surface area contributed by atoms with Crippen molar-refractivity contribution in [1.82, 2.24) is 14.8 Å². The fraction of sp³-hybridized carbons (Fsp3) is 0.0196. The minimum atomic E-state index is 0.800. The summed E-state index contributed by atoms with van der Waals surface area (Å²) in [6.45, 7) is 2.10. The lowest BCUT2D eigenvalue weighted by Crippen LogP contribution is -2.09. The molecule has 0 N–H and O–H groups in total. The van der Waals surface area contributed by atoms with Crippen molar-refractivity contribution >= 4 is 17.1 Å². The zero-order valence-electron chi connectivity index (χ0n) is 30.5. The Morgan fingerprint density at radius 2 is 0.673 bits per heavy atom. The highest BCUT2D eigenvalue weighted by Gasteiger charge is 2.19. The molecule has 4 heteroatoms. The lowest BCUT2D eigenvalue weighted by molar-refractivity contribution is 1.07. The average molecular weight is 707 g/mol. The van der Waals surface area contributed by atoms with E-state index in [2.05, 4.69) is 211 Å².